The molecule has 0 bridgehead atoms. The molecule has 0 spiro atoms. The predicted molar refractivity (Wildman–Crippen MR) is 113 cm³/mol. The third-order valence-electron chi connectivity index (χ3n) is 4.19. The molecule has 0 unspecified atom stereocenters. The van der Waals surface area contributed by atoms with Crippen LogP contribution in [0, 0.1) is 0 Å². The smallest absolute Gasteiger partial charge is 0.325 e. The van der Waals surface area contributed by atoms with E-state index in [-0.39, 0.29) is 17.9 Å². The van der Waals surface area contributed by atoms with Crippen LogP contribution < -0.4 is 10.6 Å². The summed E-state index contributed by atoms with van der Waals surface area (Å²) < 4.78 is 4.47. The van der Waals surface area contributed by atoms with Crippen LogP contribution in [0.5, 0.6) is 0 Å². The van der Waals surface area contributed by atoms with E-state index in [2.05, 4.69) is 15.4 Å². The predicted octanol–water partition coefficient (Wildman–Crippen LogP) is 3.13. The fraction of sp³-hybridized carbons (Fsp3) is 0.0909. The molecule has 0 aliphatic rings. The van der Waals surface area contributed by atoms with Gasteiger partial charge in [0.15, 0.2) is 0 Å². The maximum Gasteiger partial charge on any atom is 0.325 e. The van der Waals surface area contributed by atoms with Gasteiger partial charge in [0.05, 0.1) is 17.6 Å². The second kappa shape index (κ2) is 9.62. The Morgan fingerprint density at radius 3 is 2.20 bits per heavy atom. The number of ether oxygens (including phenoxy) is 1. The van der Waals surface area contributed by atoms with Crippen molar-refractivity contribution in [2.45, 2.75) is 0 Å². The normalized spacial score (nSPS) is 10.2. The van der Waals surface area contributed by atoms with Gasteiger partial charge in [-0.25, -0.2) is 0 Å². The van der Waals surface area contributed by atoms with E-state index in [4.69, 9.17) is 0 Å². The number of carbonyl (C=O) groups excluding carboxylic acids is 4. The van der Waals surface area contributed by atoms with Gasteiger partial charge in [-0.15, -0.1) is 11.3 Å². The highest BCUT2D eigenvalue weighted by atomic mass is 32.1. The molecule has 2 amide bonds. The van der Waals surface area contributed by atoms with Gasteiger partial charge in [-0.05, 0) is 41.8 Å². The Morgan fingerprint density at radius 1 is 0.867 bits per heavy atom. The van der Waals surface area contributed by atoms with E-state index in [1.807, 2.05) is 0 Å². The fourth-order valence-electron chi connectivity index (χ4n) is 2.65. The molecule has 0 aliphatic carbocycles. The number of anilines is 1. The van der Waals surface area contributed by atoms with Crippen LogP contribution in [-0.2, 0) is 9.53 Å². The molecule has 2 aromatic carbocycles. The molecule has 30 heavy (non-hydrogen) atoms. The largest absolute Gasteiger partial charge is 0.468 e. The summed E-state index contributed by atoms with van der Waals surface area (Å²) in [7, 11) is 1.23. The highest BCUT2D eigenvalue weighted by molar-refractivity contribution is 7.12. The first kappa shape index (κ1) is 20.9. The lowest BCUT2D eigenvalue weighted by molar-refractivity contribution is -0.139. The number of esters is 1. The molecule has 3 aromatic rings. The molecule has 0 atom stereocenters. The van der Waals surface area contributed by atoms with E-state index in [0.717, 1.165) is 0 Å². The molecule has 7 nitrogen and oxygen atoms in total. The van der Waals surface area contributed by atoms with Crippen LogP contribution in [0.2, 0.25) is 0 Å². The van der Waals surface area contributed by atoms with E-state index >= 15 is 0 Å². The van der Waals surface area contributed by atoms with Crippen molar-refractivity contribution >= 4 is 40.6 Å². The summed E-state index contributed by atoms with van der Waals surface area (Å²) in [5.41, 5.74) is 1.36. The molecule has 0 aliphatic heterocycles. The number of rotatable bonds is 7. The summed E-state index contributed by atoms with van der Waals surface area (Å²) in [5, 5.41) is 6.97. The molecule has 0 fully saturated rings. The zero-order valence-corrected chi connectivity index (χ0v) is 16.8. The molecule has 2 N–H and O–H groups in total. The van der Waals surface area contributed by atoms with Crippen LogP contribution in [0.1, 0.15) is 36.0 Å². The minimum atomic E-state index is -0.553. The highest BCUT2D eigenvalue weighted by Gasteiger charge is 2.19. The topological polar surface area (TPSA) is 102 Å². The number of benzene rings is 2. The Bertz CT molecular complexity index is 1080. The van der Waals surface area contributed by atoms with Crippen LogP contribution in [0.3, 0.4) is 0 Å². The van der Waals surface area contributed by atoms with Crippen molar-refractivity contribution in [3.63, 3.8) is 0 Å². The van der Waals surface area contributed by atoms with Gasteiger partial charge < -0.3 is 15.4 Å². The summed E-state index contributed by atoms with van der Waals surface area (Å²) in [5.74, 6) is -1.64. The summed E-state index contributed by atoms with van der Waals surface area (Å²) in [6, 6.07) is 16.3. The van der Waals surface area contributed by atoms with Gasteiger partial charge in [0, 0.05) is 16.8 Å². The molecular formula is C22H18N2O5S. The zero-order valence-electron chi connectivity index (χ0n) is 16.0. The van der Waals surface area contributed by atoms with Crippen LogP contribution in [-0.4, -0.2) is 37.2 Å². The van der Waals surface area contributed by atoms with Crippen molar-refractivity contribution in [3.05, 3.63) is 87.6 Å². The Balaban J connectivity index is 1.70. The second-order valence-corrected chi connectivity index (χ2v) is 7.09. The number of nitrogens with one attached hydrogen (secondary N) is 2. The summed E-state index contributed by atoms with van der Waals surface area (Å²) >= 11 is 1.31. The van der Waals surface area contributed by atoms with Crippen LogP contribution in [0.15, 0.2) is 66.0 Å². The molecule has 0 saturated heterocycles. The number of amides is 2. The van der Waals surface area contributed by atoms with Crippen molar-refractivity contribution in [1.29, 1.82) is 0 Å². The SMILES string of the molecule is COC(=O)CNC(=O)c1ccc(NC(=O)c2ccccc2C(=O)c2cccs2)cc1. The second-order valence-electron chi connectivity index (χ2n) is 6.14. The Kier molecular flexibility index (Phi) is 6.71. The lowest BCUT2D eigenvalue weighted by atomic mass is 10.0. The van der Waals surface area contributed by atoms with E-state index in [9.17, 15) is 19.2 Å². The number of carbonyl (C=O) groups is 4. The molecule has 0 saturated carbocycles. The molecule has 8 heteroatoms. The van der Waals surface area contributed by atoms with Gasteiger partial charge in [0.1, 0.15) is 6.54 Å². The molecule has 3 rings (SSSR count). The van der Waals surface area contributed by atoms with Crippen molar-refractivity contribution < 1.29 is 23.9 Å². The average molecular weight is 422 g/mol. The standard InChI is InChI=1S/C22H18N2O5S/c1-29-19(25)13-23-21(27)14-8-10-15(11-9-14)24-22(28)17-6-3-2-5-16(17)20(26)18-7-4-12-30-18/h2-12H,13H2,1H3,(H,23,27)(H,24,28). The van der Waals surface area contributed by atoms with Crippen molar-refractivity contribution in [2.24, 2.45) is 0 Å². The van der Waals surface area contributed by atoms with Crippen molar-refractivity contribution in [3.8, 4) is 0 Å². The third-order valence-corrected chi connectivity index (χ3v) is 5.06. The zero-order chi connectivity index (χ0) is 21.5. The Labute approximate surface area is 176 Å². The number of thiophene rings is 1. The first-order valence-corrected chi connectivity index (χ1v) is 9.81. The van der Waals surface area contributed by atoms with Gasteiger partial charge in [0.2, 0.25) is 5.78 Å². The monoisotopic (exact) mass is 422 g/mol. The van der Waals surface area contributed by atoms with Crippen LogP contribution >= 0.6 is 11.3 Å². The van der Waals surface area contributed by atoms with Crippen molar-refractivity contribution in [2.75, 3.05) is 19.0 Å². The molecule has 1 aromatic heterocycles. The van der Waals surface area contributed by atoms with Gasteiger partial charge in [-0.3, -0.25) is 19.2 Å². The first-order chi connectivity index (χ1) is 14.5. The minimum absolute atomic E-state index is 0.214. The van der Waals surface area contributed by atoms with E-state index < -0.39 is 17.8 Å². The first-order valence-electron chi connectivity index (χ1n) is 8.93. The van der Waals surface area contributed by atoms with Crippen molar-refractivity contribution in [1.82, 2.24) is 5.32 Å². The average Bonchev–Trinajstić information content (AvgIpc) is 3.32. The van der Waals surface area contributed by atoms with E-state index in [0.29, 0.717) is 21.7 Å². The van der Waals surface area contributed by atoms with Gasteiger partial charge in [-0.2, -0.15) is 0 Å². The number of ketones is 1. The summed E-state index contributed by atoms with van der Waals surface area (Å²) in [6.45, 7) is -0.233. The number of hydrogen-bond donors (Lipinski definition) is 2. The van der Waals surface area contributed by atoms with Crippen LogP contribution in [0.4, 0.5) is 5.69 Å². The lowest BCUT2D eigenvalue weighted by Gasteiger charge is -2.10. The summed E-state index contributed by atoms with van der Waals surface area (Å²) in [4.78, 5) is 49.1. The molecular weight excluding hydrogens is 404 g/mol. The van der Waals surface area contributed by atoms with Gasteiger partial charge >= 0.3 is 5.97 Å². The Morgan fingerprint density at radius 2 is 1.57 bits per heavy atom. The summed E-state index contributed by atoms with van der Waals surface area (Å²) in [6.07, 6.45) is 0. The quantitative estimate of drug-likeness (QED) is 0.450. The maximum absolute atomic E-state index is 12.7. The molecule has 1 heterocycles. The third kappa shape index (κ3) is 4.98. The number of methoxy groups -OCH3 is 1. The fourth-order valence-corrected chi connectivity index (χ4v) is 3.33. The molecule has 152 valence electrons. The molecule has 0 radical (unpaired) electrons. The Hall–Kier alpha value is -3.78. The van der Waals surface area contributed by atoms with Gasteiger partial charge in [-0.1, -0.05) is 24.3 Å². The minimum Gasteiger partial charge on any atom is -0.468 e. The number of hydrogen-bond acceptors (Lipinski definition) is 6. The lowest BCUT2D eigenvalue weighted by Crippen LogP contribution is -2.30. The van der Waals surface area contributed by atoms with E-state index in [1.165, 1.54) is 30.6 Å². The maximum atomic E-state index is 12.7. The van der Waals surface area contributed by atoms with Crippen LogP contribution in [0.25, 0.3) is 0 Å². The van der Waals surface area contributed by atoms with E-state index in [1.54, 1.807) is 53.9 Å². The van der Waals surface area contributed by atoms with Gasteiger partial charge in [0.25, 0.3) is 11.8 Å². The highest BCUT2D eigenvalue weighted by Crippen LogP contribution is 2.20.